The molecule has 0 aromatic rings. The van der Waals surface area contributed by atoms with Gasteiger partial charge >= 0.3 is 6.18 Å². The number of carbonyl (C=O) groups excluding carboxylic acids is 2. The molecule has 1 aliphatic heterocycles. The summed E-state index contributed by atoms with van der Waals surface area (Å²) in [5.74, 6) is -0.901. The van der Waals surface area contributed by atoms with Gasteiger partial charge in [-0.25, -0.2) is 0 Å². The van der Waals surface area contributed by atoms with Gasteiger partial charge in [0.1, 0.15) is 18.1 Å². The Morgan fingerprint density at radius 2 is 1.86 bits per heavy atom. The van der Waals surface area contributed by atoms with Gasteiger partial charge in [0.15, 0.2) is 0 Å². The highest BCUT2D eigenvalue weighted by atomic mass is 19.4. The molecule has 1 saturated heterocycles. The summed E-state index contributed by atoms with van der Waals surface area (Å²) >= 11 is 0. The van der Waals surface area contributed by atoms with E-state index < -0.39 is 36.1 Å². The molecule has 0 aromatic carbocycles. The van der Waals surface area contributed by atoms with Crippen molar-refractivity contribution < 1.29 is 22.8 Å². The summed E-state index contributed by atoms with van der Waals surface area (Å²) < 4.78 is 38.5. The Bertz CT molecular complexity index is 428. The lowest BCUT2D eigenvalue weighted by Gasteiger charge is -2.46. The fraction of sp³-hybridized carbons (Fsp3) is 0.857. The van der Waals surface area contributed by atoms with Gasteiger partial charge in [-0.3, -0.25) is 9.59 Å². The Balaban J connectivity index is 2.30. The number of rotatable bonds is 3. The molecule has 7 heteroatoms. The Morgan fingerprint density at radius 1 is 1.29 bits per heavy atom. The average molecular weight is 306 g/mol. The van der Waals surface area contributed by atoms with Crippen LogP contribution in [0.25, 0.3) is 0 Å². The first-order valence-corrected chi connectivity index (χ1v) is 7.35. The van der Waals surface area contributed by atoms with Gasteiger partial charge in [0.2, 0.25) is 11.8 Å². The van der Waals surface area contributed by atoms with Crippen LogP contribution in [0.3, 0.4) is 0 Å². The topological polar surface area (TPSA) is 49.4 Å². The summed E-state index contributed by atoms with van der Waals surface area (Å²) in [7, 11) is 0. The highest BCUT2D eigenvalue weighted by molar-refractivity contribution is 6.00. The van der Waals surface area contributed by atoms with Crippen LogP contribution in [0.4, 0.5) is 13.2 Å². The van der Waals surface area contributed by atoms with Crippen molar-refractivity contribution in [2.24, 2.45) is 5.92 Å². The number of piperazine rings is 1. The molecule has 1 aliphatic carbocycles. The molecule has 1 N–H and O–H groups in total. The molecule has 2 rings (SSSR count). The van der Waals surface area contributed by atoms with Crippen molar-refractivity contribution in [2.45, 2.75) is 63.7 Å². The van der Waals surface area contributed by atoms with Gasteiger partial charge in [0.25, 0.3) is 0 Å². The van der Waals surface area contributed by atoms with E-state index in [-0.39, 0.29) is 5.92 Å². The Morgan fingerprint density at radius 3 is 2.33 bits per heavy atom. The molecular weight excluding hydrogens is 285 g/mol. The summed E-state index contributed by atoms with van der Waals surface area (Å²) in [6, 6.07) is -0.842. The largest absolute Gasteiger partial charge is 0.406 e. The van der Waals surface area contributed by atoms with Gasteiger partial charge in [-0.2, -0.15) is 13.2 Å². The number of nitrogens with zero attached hydrogens (tertiary/aromatic N) is 1. The molecule has 0 radical (unpaired) electrons. The first-order valence-electron chi connectivity index (χ1n) is 7.35. The van der Waals surface area contributed by atoms with E-state index in [1.165, 1.54) is 0 Å². The maximum Gasteiger partial charge on any atom is 0.406 e. The molecule has 2 aliphatic rings. The Hall–Kier alpha value is -1.27. The second-order valence-corrected chi connectivity index (χ2v) is 6.43. The van der Waals surface area contributed by atoms with Crippen LogP contribution >= 0.6 is 0 Å². The number of hydrogen-bond acceptors (Lipinski definition) is 2. The molecule has 1 spiro atoms. The predicted molar refractivity (Wildman–Crippen MR) is 70.4 cm³/mol. The zero-order valence-electron chi connectivity index (χ0n) is 12.3. The van der Waals surface area contributed by atoms with E-state index in [4.69, 9.17) is 0 Å². The van der Waals surface area contributed by atoms with E-state index in [2.05, 4.69) is 5.32 Å². The van der Waals surface area contributed by atoms with E-state index in [1.54, 1.807) is 0 Å². The van der Waals surface area contributed by atoms with Crippen molar-refractivity contribution >= 4 is 11.8 Å². The van der Waals surface area contributed by atoms with Crippen molar-refractivity contribution in [2.75, 3.05) is 6.54 Å². The molecule has 1 heterocycles. The quantitative estimate of drug-likeness (QED) is 0.869. The monoisotopic (exact) mass is 306 g/mol. The first-order chi connectivity index (χ1) is 9.66. The standard InChI is InChI=1S/C14H21F3N2O2/c1-9(2)7-10-11(20)19(8-14(15,16)17)13(12(21)18-10)5-3-4-6-13/h9-10H,3-8H2,1-2H3,(H,18,21). The van der Waals surface area contributed by atoms with E-state index in [9.17, 15) is 22.8 Å². The van der Waals surface area contributed by atoms with E-state index in [0.29, 0.717) is 32.1 Å². The van der Waals surface area contributed by atoms with Crippen LogP contribution in [0, 0.1) is 5.92 Å². The second kappa shape index (κ2) is 5.50. The Kier molecular flexibility index (Phi) is 4.22. The van der Waals surface area contributed by atoms with Gasteiger partial charge in [0, 0.05) is 0 Å². The minimum Gasteiger partial charge on any atom is -0.342 e. The number of alkyl halides is 3. The van der Waals surface area contributed by atoms with Crippen molar-refractivity contribution in [1.82, 2.24) is 10.2 Å². The fourth-order valence-corrected chi connectivity index (χ4v) is 3.37. The first kappa shape index (κ1) is 16.1. The summed E-state index contributed by atoms with van der Waals surface area (Å²) in [6.07, 6.45) is -2.17. The van der Waals surface area contributed by atoms with E-state index >= 15 is 0 Å². The maximum atomic E-state index is 12.8. The van der Waals surface area contributed by atoms with Crippen LogP contribution in [0.5, 0.6) is 0 Å². The highest BCUT2D eigenvalue weighted by Crippen LogP contribution is 2.40. The SMILES string of the molecule is CC(C)CC1NC(=O)C2(CCCC2)N(CC(F)(F)F)C1=O. The molecule has 2 amide bonds. The lowest BCUT2D eigenvalue weighted by molar-refractivity contribution is -0.183. The third-order valence-electron chi connectivity index (χ3n) is 4.28. The molecule has 120 valence electrons. The molecule has 21 heavy (non-hydrogen) atoms. The van der Waals surface area contributed by atoms with Crippen molar-refractivity contribution in [3.8, 4) is 0 Å². The smallest absolute Gasteiger partial charge is 0.342 e. The molecule has 1 unspecified atom stereocenters. The fourth-order valence-electron chi connectivity index (χ4n) is 3.37. The third-order valence-corrected chi connectivity index (χ3v) is 4.28. The molecule has 1 atom stereocenters. The zero-order chi connectivity index (χ0) is 15.8. The van der Waals surface area contributed by atoms with Crippen LogP contribution in [0.15, 0.2) is 0 Å². The van der Waals surface area contributed by atoms with Crippen LogP contribution in [-0.2, 0) is 9.59 Å². The summed E-state index contributed by atoms with van der Waals surface area (Å²) in [5, 5.41) is 2.65. The third kappa shape index (κ3) is 3.16. The molecule has 0 bridgehead atoms. The highest BCUT2D eigenvalue weighted by Gasteiger charge is 2.56. The molecular formula is C14H21F3N2O2. The number of carbonyl (C=O) groups is 2. The zero-order valence-corrected chi connectivity index (χ0v) is 12.3. The minimum absolute atomic E-state index is 0.115. The van der Waals surface area contributed by atoms with Gasteiger partial charge in [-0.05, 0) is 25.2 Å². The van der Waals surface area contributed by atoms with Crippen LogP contribution in [0.1, 0.15) is 46.0 Å². The van der Waals surface area contributed by atoms with Crippen molar-refractivity contribution in [1.29, 1.82) is 0 Å². The summed E-state index contributed by atoms with van der Waals surface area (Å²) in [5.41, 5.74) is -1.29. The number of hydrogen-bond donors (Lipinski definition) is 1. The molecule has 1 saturated carbocycles. The van der Waals surface area contributed by atoms with Crippen LogP contribution in [-0.4, -0.2) is 41.0 Å². The Labute approximate surface area is 122 Å². The average Bonchev–Trinajstić information content (AvgIpc) is 2.81. The van der Waals surface area contributed by atoms with Crippen LogP contribution in [0.2, 0.25) is 0 Å². The number of amides is 2. The minimum atomic E-state index is -4.49. The predicted octanol–water partition coefficient (Wildman–Crippen LogP) is 2.23. The normalized spacial score (nSPS) is 25.8. The van der Waals surface area contributed by atoms with E-state index in [0.717, 1.165) is 4.90 Å². The van der Waals surface area contributed by atoms with Gasteiger partial charge in [0.05, 0.1) is 0 Å². The lowest BCUT2D eigenvalue weighted by Crippen LogP contribution is -2.71. The number of halogens is 3. The van der Waals surface area contributed by atoms with Gasteiger partial charge in [-0.1, -0.05) is 26.7 Å². The molecule has 0 aromatic heterocycles. The summed E-state index contributed by atoms with van der Waals surface area (Å²) in [4.78, 5) is 25.6. The second-order valence-electron chi connectivity index (χ2n) is 6.43. The van der Waals surface area contributed by atoms with Gasteiger partial charge < -0.3 is 10.2 Å². The van der Waals surface area contributed by atoms with Crippen molar-refractivity contribution in [3.05, 3.63) is 0 Å². The lowest BCUT2D eigenvalue weighted by atomic mass is 9.87. The van der Waals surface area contributed by atoms with E-state index in [1.807, 2.05) is 13.8 Å². The molecule has 2 fully saturated rings. The van der Waals surface area contributed by atoms with Crippen LogP contribution < -0.4 is 5.32 Å². The van der Waals surface area contributed by atoms with Crippen molar-refractivity contribution in [3.63, 3.8) is 0 Å². The summed E-state index contributed by atoms with van der Waals surface area (Å²) in [6.45, 7) is 2.40. The molecule has 4 nitrogen and oxygen atoms in total. The van der Waals surface area contributed by atoms with Gasteiger partial charge in [-0.15, -0.1) is 0 Å². The maximum absolute atomic E-state index is 12.8. The number of nitrogens with one attached hydrogen (secondary N) is 1.